The number of benzene rings is 2. The zero-order chi connectivity index (χ0) is 21.2. The summed E-state index contributed by atoms with van der Waals surface area (Å²) in [5.74, 6) is 0.790. The third kappa shape index (κ3) is 6.79. The van der Waals surface area contributed by atoms with Crippen LogP contribution in [0.3, 0.4) is 0 Å². The molecule has 0 unspecified atom stereocenters. The zero-order valence-corrected chi connectivity index (χ0v) is 18.2. The summed E-state index contributed by atoms with van der Waals surface area (Å²) in [7, 11) is 4.06. The number of nitrogens with zero attached hydrogens (tertiary/aromatic N) is 2. The molecule has 0 saturated carbocycles. The second-order valence-corrected chi connectivity index (χ2v) is 7.83. The molecule has 2 aromatic carbocycles. The molecule has 160 valence electrons. The molecule has 0 amide bonds. The highest BCUT2D eigenvalue weighted by Crippen LogP contribution is 2.27. The molecule has 0 aliphatic heterocycles. The Balaban J connectivity index is 1.50. The molecule has 1 aromatic heterocycles. The number of halogens is 1. The molecule has 0 fully saturated rings. The highest BCUT2D eigenvalue weighted by atomic mass is 32.1. The Labute approximate surface area is 180 Å². The third-order valence-corrected chi connectivity index (χ3v) is 5.28. The fourth-order valence-corrected chi connectivity index (χ4v) is 3.63. The van der Waals surface area contributed by atoms with Crippen molar-refractivity contribution in [2.75, 3.05) is 58.7 Å². The summed E-state index contributed by atoms with van der Waals surface area (Å²) in [6.45, 7) is 1.39. The van der Waals surface area contributed by atoms with Gasteiger partial charge in [0.25, 0.3) is 0 Å². The van der Waals surface area contributed by atoms with Crippen molar-refractivity contribution < 1.29 is 18.6 Å². The van der Waals surface area contributed by atoms with Crippen LogP contribution in [-0.2, 0) is 9.47 Å². The van der Waals surface area contributed by atoms with Gasteiger partial charge in [-0.05, 0) is 42.0 Å². The van der Waals surface area contributed by atoms with E-state index in [0.717, 1.165) is 26.5 Å². The van der Waals surface area contributed by atoms with Crippen LogP contribution in [0.25, 0.3) is 22.4 Å². The second-order valence-electron chi connectivity index (χ2n) is 6.76. The van der Waals surface area contributed by atoms with Crippen molar-refractivity contribution in [3.63, 3.8) is 0 Å². The van der Waals surface area contributed by atoms with Crippen molar-refractivity contribution in [1.82, 2.24) is 4.98 Å². The van der Waals surface area contributed by atoms with Crippen LogP contribution in [0.4, 0.5) is 10.1 Å². The Kier molecular flexibility index (Phi) is 8.62. The number of anilines is 1. The molecule has 0 bridgehead atoms. The molecule has 3 rings (SSSR count). The Morgan fingerprint density at radius 1 is 0.933 bits per heavy atom. The third-order valence-electron chi connectivity index (χ3n) is 4.29. The van der Waals surface area contributed by atoms with Gasteiger partial charge in [0, 0.05) is 19.8 Å². The van der Waals surface area contributed by atoms with Gasteiger partial charge >= 0.3 is 0 Å². The number of ether oxygens (including phenoxy) is 3. The quantitative estimate of drug-likeness (QED) is 0.382. The average molecular weight is 431 g/mol. The smallest absolute Gasteiger partial charge is 0.120 e. The molecule has 0 N–H and O–H groups in total. The van der Waals surface area contributed by atoms with Crippen molar-refractivity contribution in [2.45, 2.75) is 0 Å². The van der Waals surface area contributed by atoms with E-state index in [1.54, 1.807) is 11.3 Å². The van der Waals surface area contributed by atoms with Crippen molar-refractivity contribution in [2.24, 2.45) is 0 Å². The van der Waals surface area contributed by atoms with E-state index >= 15 is 0 Å². The molecule has 0 aliphatic rings. The molecule has 0 aliphatic carbocycles. The molecule has 1 heterocycles. The van der Waals surface area contributed by atoms with Gasteiger partial charge in [-0.25, -0.2) is 9.37 Å². The van der Waals surface area contributed by atoms with E-state index in [1.165, 1.54) is 5.69 Å². The van der Waals surface area contributed by atoms with Gasteiger partial charge in [0.05, 0.1) is 36.6 Å². The van der Waals surface area contributed by atoms with Crippen LogP contribution >= 0.6 is 11.3 Å². The van der Waals surface area contributed by atoms with E-state index in [-0.39, 0.29) is 6.61 Å². The first-order chi connectivity index (χ1) is 14.7. The first-order valence-corrected chi connectivity index (χ1v) is 10.7. The Morgan fingerprint density at radius 3 is 2.40 bits per heavy atom. The lowest BCUT2D eigenvalue weighted by atomic mass is 10.2. The molecular formula is C23H27FN2O3S. The Hall–Kier alpha value is -2.48. The molecule has 5 nitrogen and oxygen atoms in total. The van der Waals surface area contributed by atoms with Crippen molar-refractivity contribution in [3.8, 4) is 5.75 Å². The number of fused-ring (bicyclic) bond motifs is 1. The van der Waals surface area contributed by atoms with Gasteiger partial charge in [-0.2, -0.15) is 0 Å². The number of thiazole rings is 1. The zero-order valence-electron chi connectivity index (χ0n) is 17.3. The summed E-state index contributed by atoms with van der Waals surface area (Å²) in [5.41, 5.74) is 3.27. The average Bonchev–Trinajstić information content (AvgIpc) is 3.16. The maximum atomic E-state index is 11.9. The van der Waals surface area contributed by atoms with Crippen LogP contribution in [0.2, 0.25) is 0 Å². The fraction of sp³-hybridized carbons (Fsp3) is 0.348. The standard InChI is InChI=1S/C23H27FN2O3S/c1-26(2)19-6-3-18(4-7-19)5-10-23-25-21-9-8-20(17-22(21)30-23)29-16-15-28-14-13-27-12-11-24/h3-10,17H,11-16H2,1-2H3/b10-5+. The molecule has 0 spiro atoms. The van der Waals surface area contributed by atoms with E-state index in [9.17, 15) is 4.39 Å². The SMILES string of the molecule is CN(C)c1ccc(/C=C/c2nc3ccc(OCCOCCOCCF)cc3s2)cc1. The predicted molar refractivity (Wildman–Crippen MR) is 122 cm³/mol. The number of hydrogen-bond acceptors (Lipinski definition) is 6. The van der Waals surface area contributed by atoms with Gasteiger partial charge < -0.3 is 19.1 Å². The van der Waals surface area contributed by atoms with Crippen LogP contribution in [0.5, 0.6) is 5.75 Å². The molecule has 3 aromatic rings. The van der Waals surface area contributed by atoms with Crippen LogP contribution in [0.15, 0.2) is 42.5 Å². The fourth-order valence-electron chi connectivity index (χ4n) is 2.73. The normalized spacial score (nSPS) is 11.4. The lowest BCUT2D eigenvalue weighted by Crippen LogP contribution is -2.11. The van der Waals surface area contributed by atoms with E-state index in [2.05, 4.69) is 40.2 Å². The molecule has 0 atom stereocenters. The van der Waals surface area contributed by atoms with Crippen molar-refractivity contribution in [1.29, 1.82) is 0 Å². The van der Waals surface area contributed by atoms with Crippen LogP contribution in [-0.4, -0.2) is 58.8 Å². The van der Waals surface area contributed by atoms with Gasteiger partial charge in [-0.3, -0.25) is 0 Å². The minimum absolute atomic E-state index is 0.120. The molecule has 0 saturated heterocycles. The van der Waals surface area contributed by atoms with Gasteiger partial charge in [-0.15, -0.1) is 11.3 Å². The first kappa shape index (κ1) is 22.2. The molecule has 7 heteroatoms. The summed E-state index contributed by atoms with van der Waals surface area (Å²) < 4.78 is 29.1. The monoisotopic (exact) mass is 430 g/mol. The second kappa shape index (κ2) is 11.6. The van der Waals surface area contributed by atoms with Crippen LogP contribution in [0.1, 0.15) is 10.6 Å². The Bertz CT molecular complexity index is 941. The summed E-state index contributed by atoms with van der Waals surface area (Å²) >= 11 is 1.63. The Morgan fingerprint density at radius 2 is 1.67 bits per heavy atom. The summed E-state index contributed by atoms with van der Waals surface area (Å²) in [6.07, 6.45) is 4.11. The predicted octanol–water partition coefficient (Wildman–Crippen LogP) is 4.91. The topological polar surface area (TPSA) is 43.8 Å². The number of aromatic nitrogens is 1. The van der Waals surface area contributed by atoms with E-state index in [0.29, 0.717) is 26.4 Å². The van der Waals surface area contributed by atoms with Crippen molar-refractivity contribution >= 4 is 39.4 Å². The van der Waals surface area contributed by atoms with Crippen LogP contribution < -0.4 is 9.64 Å². The van der Waals surface area contributed by atoms with Gasteiger partial charge in [-0.1, -0.05) is 18.2 Å². The molecule has 30 heavy (non-hydrogen) atoms. The van der Waals surface area contributed by atoms with E-state index in [1.807, 2.05) is 38.4 Å². The number of alkyl halides is 1. The van der Waals surface area contributed by atoms with Crippen molar-refractivity contribution in [3.05, 3.63) is 53.0 Å². The summed E-state index contributed by atoms with van der Waals surface area (Å²) in [6, 6.07) is 14.3. The van der Waals surface area contributed by atoms with Gasteiger partial charge in [0.1, 0.15) is 24.0 Å². The highest BCUT2D eigenvalue weighted by molar-refractivity contribution is 7.19. The molecular weight excluding hydrogens is 403 g/mol. The lowest BCUT2D eigenvalue weighted by Gasteiger charge is -2.11. The van der Waals surface area contributed by atoms with Crippen LogP contribution in [0, 0.1) is 0 Å². The minimum Gasteiger partial charge on any atom is -0.491 e. The first-order valence-electron chi connectivity index (χ1n) is 9.86. The van der Waals surface area contributed by atoms with E-state index < -0.39 is 6.67 Å². The highest BCUT2D eigenvalue weighted by Gasteiger charge is 2.04. The van der Waals surface area contributed by atoms with E-state index in [4.69, 9.17) is 14.2 Å². The number of hydrogen-bond donors (Lipinski definition) is 0. The summed E-state index contributed by atoms with van der Waals surface area (Å²) in [4.78, 5) is 6.74. The lowest BCUT2D eigenvalue weighted by molar-refractivity contribution is 0.0325. The number of rotatable bonds is 12. The van der Waals surface area contributed by atoms with Gasteiger partial charge in [0.15, 0.2) is 0 Å². The summed E-state index contributed by atoms with van der Waals surface area (Å²) in [5, 5.41) is 0.954. The minimum atomic E-state index is -0.468. The molecule has 0 radical (unpaired) electrons. The largest absolute Gasteiger partial charge is 0.491 e. The maximum absolute atomic E-state index is 11.9. The van der Waals surface area contributed by atoms with Gasteiger partial charge in [0.2, 0.25) is 0 Å². The maximum Gasteiger partial charge on any atom is 0.120 e.